The third kappa shape index (κ3) is 4.11. The highest BCUT2D eigenvalue weighted by Crippen LogP contribution is 2.41. The number of amidine groups is 2. The van der Waals surface area contributed by atoms with Crippen LogP contribution in [0.25, 0.3) is 53.5 Å². The zero-order valence-corrected chi connectivity index (χ0v) is 24.3. The summed E-state index contributed by atoms with van der Waals surface area (Å²) in [5, 5.41) is 8.16. The van der Waals surface area contributed by atoms with E-state index in [2.05, 4.69) is 84.2 Å². The Hall–Kier alpha value is -5.59. The monoisotopic (exact) mass is 584 g/mol. The molecule has 8 aromatic rings. The van der Waals surface area contributed by atoms with Crippen molar-refractivity contribution in [3.63, 3.8) is 0 Å². The van der Waals surface area contributed by atoms with Crippen molar-refractivity contribution in [2.45, 2.75) is 6.17 Å². The van der Waals surface area contributed by atoms with Crippen LogP contribution in [-0.2, 0) is 0 Å². The summed E-state index contributed by atoms with van der Waals surface area (Å²) in [6.45, 7) is 0. The molecular weight excluding hydrogens is 561 g/mol. The summed E-state index contributed by atoms with van der Waals surface area (Å²) in [4.78, 5) is 15.0. The molecule has 0 spiro atoms. The number of aliphatic imine (C=N–C) groups is 2. The maximum absolute atomic E-state index is 6.61. The van der Waals surface area contributed by atoms with Crippen molar-refractivity contribution in [3.05, 3.63) is 150 Å². The minimum absolute atomic E-state index is 0.327. The van der Waals surface area contributed by atoms with Gasteiger partial charge in [0.2, 0.25) is 5.89 Å². The largest absolute Gasteiger partial charge is 0.435 e. The van der Waals surface area contributed by atoms with Gasteiger partial charge in [-0.1, -0.05) is 109 Å². The third-order valence-corrected chi connectivity index (χ3v) is 9.39. The Morgan fingerprint density at radius 1 is 0.659 bits per heavy atom. The highest BCUT2D eigenvalue weighted by atomic mass is 32.1. The van der Waals surface area contributed by atoms with Crippen molar-refractivity contribution in [1.29, 1.82) is 0 Å². The smallest absolute Gasteiger partial charge is 0.228 e. The van der Waals surface area contributed by atoms with E-state index in [1.807, 2.05) is 54.6 Å². The second kappa shape index (κ2) is 10.0. The van der Waals surface area contributed by atoms with Gasteiger partial charge in [0, 0.05) is 36.7 Å². The first-order valence-corrected chi connectivity index (χ1v) is 15.4. The number of rotatable bonds is 4. The third-order valence-electron chi connectivity index (χ3n) is 8.17. The molecule has 1 aliphatic rings. The van der Waals surface area contributed by atoms with E-state index >= 15 is 0 Å². The van der Waals surface area contributed by atoms with Gasteiger partial charge in [-0.05, 0) is 35.2 Å². The summed E-state index contributed by atoms with van der Waals surface area (Å²) in [6.07, 6.45) is -0.327. The van der Waals surface area contributed by atoms with Crippen molar-refractivity contribution in [1.82, 2.24) is 10.3 Å². The van der Waals surface area contributed by atoms with E-state index in [0.29, 0.717) is 11.7 Å². The van der Waals surface area contributed by atoms with Crippen LogP contribution in [0.4, 0.5) is 0 Å². The van der Waals surface area contributed by atoms with Crippen LogP contribution in [0, 0.1) is 0 Å². The predicted octanol–water partition coefficient (Wildman–Crippen LogP) is 9.51. The Kier molecular flexibility index (Phi) is 5.67. The number of oxazole rings is 1. The molecule has 208 valence electrons. The molecule has 6 heteroatoms. The molecule has 0 saturated carbocycles. The molecule has 3 heterocycles. The summed E-state index contributed by atoms with van der Waals surface area (Å²) in [5.41, 5.74) is 5.63. The topological polar surface area (TPSA) is 62.8 Å². The fourth-order valence-corrected chi connectivity index (χ4v) is 7.21. The van der Waals surface area contributed by atoms with Gasteiger partial charge in [0.05, 0.1) is 5.56 Å². The molecule has 5 nitrogen and oxygen atoms in total. The fourth-order valence-electron chi connectivity index (χ4n) is 6.00. The van der Waals surface area contributed by atoms with Gasteiger partial charge in [-0.15, -0.1) is 11.3 Å². The summed E-state index contributed by atoms with van der Waals surface area (Å²) in [6, 6.07) is 45.8. The first kappa shape index (κ1) is 25.0. The molecule has 6 aromatic carbocycles. The van der Waals surface area contributed by atoms with Crippen molar-refractivity contribution in [3.8, 4) is 11.5 Å². The van der Waals surface area contributed by atoms with Gasteiger partial charge >= 0.3 is 0 Å². The average Bonchev–Trinajstić information content (AvgIpc) is 3.71. The Balaban J connectivity index is 1.17. The predicted molar refractivity (Wildman–Crippen MR) is 182 cm³/mol. The molecule has 0 fully saturated rings. The van der Waals surface area contributed by atoms with Gasteiger partial charge in [0.25, 0.3) is 0 Å². The van der Waals surface area contributed by atoms with E-state index in [4.69, 9.17) is 19.4 Å². The lowest BCUT2D eigenvalue weighted by Crippen LogP contribution is -2.33. The van der Waals surface area contributed by atoms with Gasteiger partial charge in [0.15, 0.2) is 11.4 Å². The van der Waals surface area contributed by atoms with Crippen LogP contribution < -0.4 is 5.32 Å². The Bertz CT molecular complexity index is 2420. The molecular formula is C38H24N4OS. The van der Waals surface area contributed by atoms with E-state index in [1.165, 1.54) is 20.2 Å². The molecule has 1 N–H and O–H groups in total. The van der Waals surface area contributed by atoms with Gasteiger partial charge in [0.1, 0.15) is 17.5 Å². The molecule has 1 unspecified atom stereocenters. The van der Waals surface area contributed by atoms with Crippen molar-refractivity contribution in [2.75, 3.05) is 0 Å². The zero-order valence-electron chi connectivity index (χ0n) is 23.4. The molecule has 44 heavy (non-hydrogen) atoms. The van der Waals surface area contributed by atoms with Gasteiger partial charge < -0.3 is 9.73 Å². The second-order valence-electron chi connectivity index (χ2n) is 10.9. The Morgan fingerprint density at radius 2 is 1.41 bits per heavy atom. The van der Waals surface area contributed by atoms with Crippen LogP contribution in [-0.4, -0.2) is 16.7 Å². The number of benzene rings is 6. The van der Waals surface area contributed by atoms with Gasteiger partial charge in [-0.3, -0.25) is 0 Å². The molecule has 1 aliphatic heterocycles. The molecule has 0 amide bonds. The normalized spacial score (nSPS) is 15.0. The van der Waals surface area contributed by atoms with Gasteiger partial charge in [-0.25, -0.2) is 15.0 Å². The average molecular weight is 585 g/mol. The highest BCUT2D eigenvalue weighted by Gasteiger charge is 2.22. The summed E-state index contributed by atoms with van der Waals surface area (Å²) in [5.74, 6) is 2.12. The van der Waals surface area contributed by atoms with Crippen LogP contribution in [0.2, 0.25) is 0 Å². The van der Waals surface area contributed by atoms with Crippen molar-refractivity contribution >= 4 is 65.1 Å². The van der Waals surface area contributed by atoms with Crippen molar-refractivity contribution < 1.29 is 4.42 Å². The first-order chi connectivity index (χ1) is 21.8. The zero-order chi connectivity index (χ0) is 29.0. The summed E-state index contributed by atoms with van der Waals surface area (Å²) in [7, 11) is 0. The van der Waals surface area contributed by atoms with Crippen LogP contribution in [0.5, 0.6) is 0 Å². The van der Waals surface area contributed by atoms with E-state index < -0.39 is 0 Å². The molecule has 0 saturated heterocycles. The number of nitrogens with zero attached hydrogens (tertiary/aromatic N) is 3. The fraction of sp³-hybridized carbons (Fsp3) is 0.0263. The van der Waals surface area contributed by atoms with E-state index in [9.17, 15) is 0 Å². The highest BCUT2D eigenvalue weighted by molar-refractivity contribution is 7.26. The maximum Gasteiger partial charge on any atom is 0.228 e. The lowest BCUT2D eigenvalue weighted by molar-refractivity contribution is 0.623. The number of thiophene rings is 1. The number of nitrogens with one attached hydrogen (secondary N) is 1. The minimum Gasteiger partial charge on any atom is -0.435 e. The quantitative estimate of drug-likeness (QED) is 0.224. The van der Waals surface area contributed by atoms with Crippen molar-refractivity contribution in [2.24, 2.45) is 9.98 Å². The number of aromatic nitrogens is 1. The van der Waals surface area contributed by atoms with E-state index in [0.717, 1.165) is 50.0 Å². The Labute approximate surface area is 256 Å². The van der Waals surface area contributed by atoms with Crippen LogP contribution in [0.1, 0.15) is 22.9 Å². The van der Waals surface area contributed by atoms with Crippen LogP contribution >= 0.6 is 11.3 Å². The van der Waals surface area contributed by atoms with Crippen LogP contribution in [0.15, 0.2) is 148 Å². The second-order valence-corrected chi connectivity index (χ2v) is 11.9. The SMILES string of the molecule is c1ccc(C2=NC(c3ccc4ccc5nc(-c6cccc7c6sc6ccccc67)oc5c4c3)NC(c3ccccc3)=N2)cc1. The first-order valence-electron chi connectivity index (χ1n) is 14.6. The van der Waals surface area contributed by atoms with Gasteiger partial charge in [-0.2, -0.15) is 0 Å². The number of hydrogen-bond donors (Lipinski definition) is 1. The van der Waals surface area contributed by atoms with E-state index in [-0.39, 0.29) is 6.17 Å². The molecule has 2 aromatic heterocycles. The molecule has 0 aliphatic carbocycles. The minimum atomic E-state index is -0.327. The lowest BCUT2D eigenvalue weighted by Gasteiger charge is -2.24. The van der Waals surface area contributed by atoms with E-state index in [1.54, 1.807) is 11.3 Å². The molecule has 1 atom stereocenters. The number of fused-ring (bicyclic) bond motifs is 6. The molecule has 0 radical (unpaired) electrons. The van der Waals surface area contributed by atoms with Crippen LogP contribution in [0.3, 0.4) is 0 Å². The number of hydrogen-bond acceptors (Lipinski definition) is 6. The standard InChI is InChI=1S/C38H24N4OS/c1-3-10-24(11-4-1)35-40-36(25-12-5-2-6-13-25)42-37(41-35)26-19-18-23-20-21-31-33(30(23)22-26)43-38(39-31)29-16-9-15-28-27-14-7-8-17-32(27)44-34(28)29/h1-22,37H,(H,40,41,42). The summed E-state index contributed by atoms with van der Waals surface area (Å²) >= 11 is 1.78. The molecule has 9 rings (SSSR count). The Morgan fingerprint density at radius 3 is 2.27 bits per heavy atom. The lowest BCUT2D eigenvalue weighted by atomic mass is 10.0. The molecule has 0 bridgehead atoms. The maximum atomic E-state index is 6.61. The summed E-state index contributed by atoms with van der Waals surface area (Å²) < 4.78 is 9.06.